The fraction of sp³-hybridized carbons (Fsp3) is 0.276. The number of rotatable bonds is 12. The van der Waals surface area contributed by atoms with Gasteiger partial charge < -0.3 is 24.8 Å². The molecule has 10 nitrogen and oxygen atoms in total. The smallest absolute Gasteiger partial charge is 0.167 e. The van der Waals surface area contributed by atoms with Gasteiger partial charge in [0.15, 0.2) is 17.5 Å². The Hall–Kier alpha value is -4.73. The molecule has 0 fully saturated rings. The van der Waals surface area contributed by atoms with Crippen molar-refractivity contribution >= 4 is 5.69 Å². The first kappa shape index (κ1) is 27.3. The number of unbranched alkanes of at least 4 members (excludes halogenated alkanes) is 2. The van der Waals surface area contributed by atoms with Gasteiger partial charge in [-0.25, -0.2) is 15.0 Å². The number of benzene rings is 3. The molecule has 0 aliphatic heterocycles. The van der Waals surface area contributed by atoms with Gasteiger partial charge in [0.2, 0.25) is 0 Å². The van der Waals surface area contributed by atoms with Gasteiger partial charge in [-0.15, -0.1) is 4.91 Å². The van der Waals surface area contributed by atoms with E-state index in [4.69, 9.17) is 9.47 Å². The zero-order valence-electron chi connectivity index (χ0n) is 21.8. The van der Waals surface area contributed by atoms with Crippen LogP contribution < -0.4 is 9.47 Å². The van der Waals surface area contributed by atoms with Crippen molar-refractivity contribution in [3.05, 3.63) is 59.5 Å². The van der Waals surface area contributed by atoms with Gasteiger partial charge in [-0.3, -0.25) is 0 Å². The van der Waals surface area contributed by atoms with Gasteiger partial charge in [0, 0.05) is 18.2 Å². The predicted molar refractivity (Wildman–Crippen MR) is 147 cm³/mol. The fourth-order valence-electron chi connectivity index (χ4n) is 3.75. The molecule has 10 heteroatoms. The van der Waals surface area contributed by atoms with Crippen molar-refractivity contribution in [3.8, 4) is 62.9 Å². The Bertz CT molecular complexity index is 1380. The van der Waals surface area contributed by atoms with Crippen LogP contribution >= 0.6 is 0 Å². The van der Waals surface area contributed by atoms with E-state index in [2.05, 4.69) is 34.0 Å². The van der Waals surface area contributed by atoms with E-state index >= 15 is 0 Å². The van der Waals surface area contributed by atoms with Crippen molar-refractivity contribution in [1.29, 1.82) is 0 Å². The van der Waals surface area contributed by atoms with Crippen molar-refractivity contribution in [2.45, 2.75) is 39.5 Å². The zero-order chi connectivity index (χ0) is 27.8. The highest BCUT2D eigenvalue weighted by atomic mass is 16.5. The van der Waals surface area contributed by atoms with Crippen LogP contribution in [0.2, 0.25) is 0 Å². The van der Waals surface area contributed by atoms with E-state index in [-0.39, 0.29) is 46.0 Å². The van der Waals surface area contributed by atoms with Gasteiger partial charge in [-0.1, -0.05) is 26.7 Å². The van der Waals surface area contributed by atoms with Crippen molar-refractivity contribution < 1.29 is 24.8 Å². The van der Waals surface area contributed by atoms with E-state index in [1.165, 1.54) is 30.3 Å². The second-order valence-corrected chi connectivity index (χ2v) is 8.86. The molecule has 3 aromatic carbocycles. The maximum Gasteiger partial charge on any atom is 0.167 e. The molecule has 202 valence electrons. The SMILES string of the molecule is CCCCOc1ccc(-c2nc(-c3ccc(N=O)cc3O)nc(-c3ccc(OCCCC)cc3O)n2)c(O)c1. The molecule has 0 bridgehead atoms. The molecule has 0 atom stereocenters. The zero-order valence-corrected chi connectivity index (χ0v) is 21.8. The summed E-state index contributed by atoms with van der Waals surface area (Å²) in [5.74, 6) is 0.800. The second kappa shape index (κ2) is 12.7. The number of hydrogen-bond acceptors (Lipinski definition) is 10. The summed E-state index contributed by atoms with van der Waals surface area (Å²) in [5.41, 5.74) is 0.850. The normalized spacial score (nSPS) is 10.8. The Morgan fingerprint density at radius 3 is 1.41 bits per heavy atom. The molecule has 0 radical (unpaired) electrons. The van der Waals surface area contributed by atoms with Gasteiger partial charge in [-0.2, -0.15) is 0 Å². The Morgan fingerprint density at radius 2 is 1.05 bits per heavy atom. The first-order valence-corrected chi connectivity index (χ1v) is 12.8. The molecule has 4 aromatic rings. The molecule has 0 saturated carbocycles. The molecule has 0 spiro atoms. The number of phenolic OH excluding ortho intramolecular Hbond substituents is 3. The van der Waals surface area contributed by atoms with Crippen LogP contribution in [0.5, 0.6) is 28.7 Å². The van der Waals surface area contributed by atoms with Crippen molar-refractivity contribution in [2.24, 2.45) is 5.18 Å². The molecule has 0 unspecified atom stereocenters. The van der Waals surface area contributed by atoms with E-state index < -0.39 is 0 Å². The van der Waals surface area contributed by atoms with Gasteiger partial charge in [0.05, 0.1) is 29.9 Å². The van der Waals surface area contributed by atoms with Gasteiger partial charge in [-0.05, 0) is 54.4 Å². The lowest BCUT2D eigenvalue weighted by molar-refractivity contribution is 0.307. The minimum atomic E-state index is -0.261. The number of hydrogen-bond donors (Lipinski definition) is 3. The highest BCUT2D eigenvalue weighted by Crippen LogP contribution is 2.37. The third kappa shape index (κ3) is 6.59. The Kier molecular flexibility index (Phi) is 8.88. The monoisotopic (exact) mass is 530 g/mol. The first-order chi connectivity index (χ1) is 18.9. The predicted octanol–water partition coefficient (Wildman–Crippen LogP) is 6.75. The molecule has 1 aromatic heterocycles. The number of nitroso groups, excluding NO2 is 1. The van der Waals surface area contributed by atoms with E-state index in [1.54, 1.807) is 24.3 Å². The van der Waals surface area contributed by atoms with E-state index in [0.717, 1.165) is 25.7 Å². The summed E-state index contributed by atoms with van der Waals surface area (Å²) >= 11 is 0. The average Bonchev–Trinajstić information content (AvgIpc) is 2.93. The number of aromatic hydroxyl groups is 3. The van der Waals surface area contributed by atoms with Crippen LogP contribution in [0, 0.1) is 4.91 Å². The summed E-state index contributed by atoms with van der Waals surface area (Å²) in [5, 5.41) is 35.0. The molecule has 39 heavy (non-hydrogen) atoms. The van der Waals surface area contributed by atoms with Gasteiger partial charge in [0.1, 0.15) is 34.4 Å². The maximum atomic E-state index is 10.9. The second-order valence-electron chi connectivity index (χ2n) is 8.86. The lowest BCUT2D eigenvalue weighted by atomic mass is 10.1. The number of phenols is 3. The minimum absolute atomic E-state index is 0.0402. The number of ether oxygens (including phenoxy) is 2. The third-order valence-corrected chi connectivity index (χ3v) is 5.92. The van der Waals surface area contributed by atoms with Gasteiger partial charge >= 0.3 is 0 Å². The number of aromatic nitrogens is 3. The number of nitrogens with zero attached hydrogens (tertiary/aromatic N) is 4. The molecule has 0 saturated heterocycles. The van der Waals surface area contributed by atoms with Crippen molar-refractivity contribution in [3.63, 3.8) is 0 Å². The Morgan fingerprint density at radius 1 is 0.641 bits per heavy atom. The molecule has 4 rings (SSSR count). The summed E-state index contributed by atoms with van der Waals surface area (Å²) in [7, 11) is 0. The fourth-order valence-corrected chi connectivity index (χ4v) is 3.75. The Labute approximate surface area is 225 Å². The Balaban J connectivity index is 1.80. The van der Waals surface area contributed by atoms with E-state index in [1.807, 2.05) is 0 Å². The van der Waals surface area contributed by atoms with Crippen LogP contribution in [0.1, 0.15) is 39.5 Å². The van der Waals surface area contributed by atoms with Crippen molar-refractivity contribution in [2.75, 3.05) is 13.2 Å². The van der Waals surface area contributed by atoms with Crippen LogP contribution in [0.3, 0.4) is 0 Å². The van der Waals surface area contributed by atoms with E-state index in [9.17, 15) is 20.2 Å². The standard InChI is InChI=1S/C29H30N4O6/c1-3-5-13-38-19-8-11-22(25(35)16-19)28-30-27(21-10-7-18(33-37)15-24(21)34)31-29(32-28)23-12-9-20(17-26(23)36)39-14-6-4-2/h7-12,15-17,34-36H,3-6,13-14H2,1-2H3. The summed E-state index contributed by atoms with van der Waals surface area (Å²) in [6, 6.07) is 13.7. The summed E-state index contributed by atoms with van der Waals surface area (Å²) < 4.78 is 11.4. The summed E-state index contributed by atoms with van der Waals surface area (Å²) in [6.07, 6.45) is 3.73. The maximum absolute atomic E-state index is 10.9. The minimum Gasteiger partial charge on any atom is -0.507 e. The van der Waals surface area contributed by atoms with Gasteiger partial charge in [0.25, 0.3) is 0 Å². The third-order valence-electron chi connectivity index (χ3n) is 5.92. The molecule has 0 aliphatic carbocycles. The lowest BCUT2D eigenvalue weighted by Gasteiger charge is -2.13. The molecule has 0 amide bonds. The van der Waals surface area contributed by atoms with E-state index in [0.29, 0.717) is 35.8 Å². The topological polar surface area (TPSA) is 147 Å². The largest absolute Gasteiger partial charge is 0.507 e. The van der Waals surface area contributed by atoms with Crippen LogP contribution in [0.4, 0.5) is 5.69 Å². The van der Waals surface area contributed by atoms with Crippen molar-refractivity contribution in [1.82, 2.24) is 15.0 Å². The van der Waals surface area contributed by atoms with Crippen LogP contribution in [0.15, 0.2) is 59.8 Å². The molecule has 3 N–H and O–H groups in total. The molecular formula is C29H30N4O6. The quantitative estimate of drug-likeness (QED) is 0.134. The molecule has 1 heterocycles. The summed E-state index contributed by atoms with van der Waals surface area (Å²) in [6.45, 7) is 5.17. The van der Waals surface area contributed by atoms with Crippen LogP contribution in [0.25, 0.3) is 34.2 Å². The van der Waals surface area contributed by atoms with Crippen LogP contribution in [-0.4, -0.2) is 43.5 Å². The summed E-state index contributed by atoms with van der Waals surface area (Å²) in [4.78, 5) is 24.4. The van der Waals surface area contributed by atoms with Crippen LogP contribution in [-0.2, 0) is 0 Å². The lowest BCUT2D eigenvalue weighted by Crippen LogP contribution is -2.02. The first-order valence-electron chi connectivity index (χ1n) is 12.8. The highest BCUT2D eigenvalue weighted by molar-refractivity contribution is 5.75. The molecular weight excluding hydrogens is 500 g/mol. The highest BCUT2D eigenvalue weighted by Gasteiger charge is 2.19. The average molecular weight is 531 g/mol. The molecule has 0 aliphatic rings.